The van der Waals surface area contributed by atoms with Gasteiger partial charge in [0.1, 0.15) is 0 Å². The third-order valence-corrected chi connectivity index (χ3v) is 3.10. The number of fused-ring (bicyclic) bond motifs is 1. The first-order valence-corrected chi connectivity index (χ1v) is 7.17. The molecule has 0 spiro atoms. The van der Waals surface area contributed by atoms with E-state index in [9.17, 15) is 0 Å². The van der Waals surface area contributed by atoms with Crippen LogP contribution < -0.4 is 0 Å². The molecule has 1 aromatic carbocycles. The van der Waals surface area contributed by atoms with Crippen LogP contribution in [0.2, 0.25) is 0 Å². The van der Waals surface area contributed by atoms with Crippen molar-refractivity contribution in [1.82, 2.24) is 15.0 Å². The molecule has 2 aromatic heterocycles. The molecule has 3 nitrogen and oxygen atoms in total. The van der Waals surface area contributed by atoms with Gasteiger partial charge in [0, 0.05) is 23.5 Å². The quantitative estimate of drug-likeness (QED) is 0.713. The standard InChI is InChI=1S/C14H17N.C3H4N2/c1-2-3-4-8-13-11-10-12-7-5-6-9-14(12)15-13;1-2-5-3-4-1/h5-7,9-11H,2-4,8H2,1H3;1-3H,(H,4,5). The number of hydrogen-bond donors (Lipinski definition) is 1. The smallest absolute Gasteiger partial charge is 0.0919 e. The first-order valence-electron chi connectivity index (χ1n) is 7.17. The van der Waals surface area contributed by atoms with E-state index in [0.29, 0.717) is 0 Å². The minimum absolute atomic E-state index is 1.11. The number of H-pyrrole nitrogens is 1. The Labute approximate surface area is 120 Å². The van der Waals surface area contributed by atoms with E-state index >= 15 is 0 Å². The summed E-state index contributed by atoms with van der Waals surface area (Å²) in [5.74, 6) is 0. The summed E-state index contributed by atoms with van der Waals surface area (Å²) in [5, 5.41) is 1.23. The van der Waals surface area contributed by atoms with Crippen LogP contribution in [0.15, 0.2) is 55.1 Å². The predicted molar refractivity (Wildman–Crippen MR) is 83.6 cm³/mol. The highest BCUT2D eigenvalue weighted by atomic mass is 14.8. The summed E-state index contributed by atoms with van der Waals surface area (Å²) in [5.41, 5.74) is 2.34. The van der Waals surface area contributed by atoms with Gasteiger partial charge in [-0.05, 0) is 25.0 Å². The lowest BCUT2D eigenvalue weighted by atomic mass is 10.1. The molecule has 0 saturated carbocycles. The van der Waals surface area contributed by atoms with Crippen LogP contribution in [0.1, 0.15) is 31.9 Å². The van der Waals surface area contributed by atoms with E-state index in [2.05, 4.69) is 52.2 Å². The summed E-state index contributed by atoms with van der Waals surface area (Å²) in [6.45, 7) is 2.23. The minimum atomic E-state index is 1.11. The maximum absolute atomic E-state index is 4.65. The van der Waals surface area contributed by atoms with Gasteiger partial charge in [-0.3, -0.25) is 4.98 Å². The van der Waals surface area contributed by atoms with Crippen molar-refractivity contribution in [2.24, 2.45) is 0 Å². The second kappa shape index (κ2) is 8.10. The predicted octanol–water partition coefficient (Wildman–Crippen LogP) is 4.38. The molecule has 0 aliphatic heterocycles. The van der Waals surface area contributed by atoms with Crippen LogP contribution in [-0.2, 0) is 6.42 Å². The van der Waals surface area contributed by atoms with Gasteiger partial charge >= 0.3 is 0 Å². The fourth-order valence-corrected chi connectivity index (χ4v) is 2.02. The van der Waals surface area contributed by atoms with Crippen LogP contribution in [0.3, 0.4) is 0 Å². The molecule has 1 N–H and O–H groups in total. The molecule has 0 saturated heterocycles. The lowest BCUT2D eigenvalue weighted by Crippen LogP contribution is -1.90. The van der Waals surface area contributed by atoms with Gasteiger partial charge in [-0.15, -0.1) is 0 Å². The van der Waals surface area contributed by atoms with Gasteiger partial charge in [0.25, 0.3) is 0 Å². The van der Waals surface area contributed by atoms with Crippen LogP contribution in [0.5, 0.6) is 0 Å². The zero-order valence-electron chi connectivity index (χ0n) is 11.9. The second-order valence-electron chi connectivity index (χ2n) is 4.71. The van der Waals surface area contributed by atoms with E-state index in [-0.39, 0.29) is 0 Å². The maximum atomic E-state index is 4.65. The van der Waals surface area contributed by atoms with Crippen molar-refractivity contribution < 1.29 is 0 Å². The molecule has 0 radical (unpaired) electrons. The molecular formula is C17H21N3. The number of nitrogens with one attached hydrogen (secondary N) is 1. The van der Waals surface area contributed by atoms with Crippen molar-refractivity contribution in [3.05, 3.63) is 60.8 Å². The molecule has 0 amide bonds. The number of aromatic amines is 1. The third kappa shape index (κ3) is 4.50. The van der Waals surface area contributed by atoms with Gasteiger partial charge in [0.2, 0.25) is 0 Å². The molecule has 0 aliphatic carbocycles. The highest BCUT2D eigenvalue weighted by Crippen LogP contribution is 2.13. The molecule has 3 aromatic rings. The Hall–Kier alpha value is -2.16. The molecular weight excluding hydrogens is 246 g/mol. The number of aromatic nitrogens is 3. The monoisotopic (exact) mass is 267 g/mol. The molecule has 0 fully saturated rings. The summed E-state index contributed by atoms with van der Waals surface area (Å²) in [6, 6.07) is 12.6. The lowest BCUT2D eigenvalue weighted by Gasteiger charge is -2.02. The van der Waals surface area contributed by atoms with Crippen molar-refractivity contribution in [1.29, 1.82) is 0 Å². The average Bonchev–Trinajstić information content (AvgIpc) is 3.07. The Bertz CT molecular complexity index is 585. The van der Waals surface area contributed by atoms with Gasteiger partial charge in [0.15, 0.2) is 0 Å². The van der Waals surface area contributed by atoms with Crippen LogP contribution >= 0.6 is 0 Å². The molecule has 0 atom stereocenters. The van der Waals surface area contributed by atoms with Crippen molar-refractivity contribution in [2.75, 3.05) is 0 Å². The molecule has 20 heavy (non-hydrogen) atoms. The Kier molecular flexibility index (Phi) is 5.77. The Balaban J connectivity index is 0.000000247. The van der Waals surface area contributed by atoms with Gasteiger partial charge in [-0.25, -0.2) is 4.98 Å². The fraction of sp³-hybridized carbons (Fsp3) is 0.294. The van der Waals surface area contributed by atoms with Gasteiger partial charge in [-0.2, -0.15) is 0 Å². The van der Waals surface area contributed by atoms with Gasteiger partial charge < -0.3 is 4.98 Å². The Morgan fingerprint density at radius 3 is 2.65 bits per heavy atom. The molecule has 0 unspecified atom stereocenters. The van der Waals surface area contributed by atoms with Crippen molar-refractivity contribution in [3.63, 3.8) is 0 Å². The van der Waals surface area contributed by atoms with E-state index < -0.39 is 0 Å². The number of nitrogens with zero attached hydrogens (tertiary/aromatic N) is 2. The average molecular weight is 267 g/mol. The normalized spacial score (nSPS) is 10.1. The van der Waals surface area contributed by atoms with E-state index in [1.54, 1.807) is 18.7 Å². The highest BCUT2D eigenvalue weighted by molar-refractivity contribution is 5.78. The number of pyridine rings is 1. The van der Waals surface area contributed by atoms with E-state index in [0.717, 1.165) is 11.9 Å². The minimum Gasteiger partial charge on any atom is -0.351 e. The maximum Gasteiger partial charge on any atom is 0.0919 e. The molecule has 0 aliphatic rings. The van der Waals surface area contributed by atoms with E-state index in [4.69, 9.17) is 0 Å². The summed E-state index contributed by atoms with van der Waals surface area (Å²) in [7, 11) is 0. The molecule has 104 valence electrons. The number of benzene rings is 1. The van der Waals surface area contributed by atoms with Crippen molar-refractivity contribution in [2.45, 2.75) is 32.6 Å². The van der Waals surface area contributed by atoms with Crippen LogP contribution in [-0.4, -0.2) is 15.0 Å². The number of aryl methyl sites for hydroxylation is 1. The summed E-state index contributed by atoms with van der Waals surface area (Å²) >= 11 is 0. The summed E-state index contributed by atoms with van der Waals surface area (Å²) in [4.78, 5) is 11.1. The molecule has 2 heterocycles. The number of imidazole rings is 1. The molecule has 0 bridgehead atoms. The highest BCUT2D eigenvalue weighted by Gasteiger charge is 1.97. The number of rotatable bonds is 4. The molecule has 3 rings (SSSR count). The number of unbranched alkanes of at least 4 members (excludes halogenated alkanes) is 2. The second-order valence-corrected chi connectivity index (χ2v) is 4.71. The van der Waals surface area contributed by atoms with Gasteiger partial charge in [0.05, 0.1) is 11.8 Å². The number of hydrogen-bond acceptors (Lipinski definition) is 2. The third-order valence-electron chi connectivity index (χ3n) is 3.10. The van der Waals surface area contributed by atoms with E-state index in [1.165, 1.54) is 30.3 Å². The number of para-hydroxylation sites is 1. The van der Waals surface area contributed by atoms with Gasteiger partial charge in [-0.1, -0.05) is 44.0 Å². The largest absolute Gasteiger partial charge is 0.351 e. The Morgan fingerprint density at radius 2 is 1.95 bits per heavy atom. The van der Waals surface area contributed by atoms with Crippen LogP contribution in [0.4, 0.5) is 0 Å². The van der Waals surface area contributed by atoms with Crippen LogP contribution in [0.25, 0.3) is 10.9 Å². The first kappa shape index (κ1) is 14.3. The SMILES string of the molecule is CCCCCc1ccc2ccccc2n1.c1c[nH]cn1. The lowest BCUT2D eigenvalue weighted by molar-refractivity contribution is 0.709. The topological polar surface area (TPSA) is 41.6 Å². The Morgan fingerprint density at radius 1 is 1.05 bits per heavy atom. The van der Waals surface area contributed by atoms with Crippen LogP contribution in [0, 0.1) is 0 Å². The zero-order valence-corrected chi connectivity index (χ0v) is 11.9. The van der Waals surface area contributed by atoms with Crippen molar-refractivity contribution in [3.8, 4) is 0 Å². The van der Waals surface area contributed by atoms with Crippen molar-refractivity contribution >= 4 is 10.9 Å². The van der Waals surface area contributed by atoms with E-state index in [1.807, 2.05) is 6.07 Å². The zero-order chi connectivity index (χ0) is 14.0. The molecule has 3 heteroatoms. The fourth-order valence-electron chi connectivity index (χ4n) is 2.02. The summed E-state index contributed by atoms with van der Waals surface area (Å²) in [6.07, 6.45) is 10.0. The summed E-state index contributed by atoms with van der Waals surface area (Å²) < 4.78 is 0. The first-order chi connectivity index (χ1) is 9.90.